The van der Waals surface area contributed by atoms with Crippen molar-refractivity contribution in [1.29, 1.82) is 0 Å². The molecule has 0 aliphatic rings. The van der Waals surface area contributed by atoms with E-state index in [9.17, 15) is 9.00 Å². The zero-order valence-corrected chi connectivity index (χ0v) is 20.0. The molecule has 9 heteroatoms. The van der Waals surface area contributed by atoms with Gasteiger partial charge >= 0.3 is 0 Å². The number of nitrogens with one attached hydrogen (secondary N) is 1. The van der Waals surface area contributed by atoms with Gasteiger partial charge in [0.05, 0.1) is 29.3 Å². The Labute approximate surface area is 201 Å². The van der Waals surface area contributed by atoms with Crippen LogP contribution in [0.5, 0.6) is 0 Å². The van der Waals surface area contributed by atoms with Gasteiger partial charge in [-0.25, -0.2) is 9.97 Å². The molecule has 178 valence electrons. The molecular weight excluding hydrogens is 450 g/mol. The first-order valence-corrected chi connectivity index (χ1v) is 12.1. The normalized spacial score (nSPS) is 12.6. The maximum absolute atomic E-state index is 12.9. The number of aliphatic hydroxyl groups is 1. The molecule has 3 aromatic rings. The summed E-state index contributed by atoms with van der Waals surface area (Å²) in [5.41, 5.74) is 15.3. The number of rotatable bonds is 10. The summed E-state index contributed by atoms with van der Waals surface area (Å²) in [6.45, 7) is 5.01. The van der Waals surface area contributed by atoms with Gasteiger partial charge in [-0.2, -0.15) is 0 Å². The highest BCUT2D eigenvalue weighted by molar-refractivity contribution is 7.85. The number of ketones is 1. The lowest BCUT2D eigenvalue weighted by Crippen LogP contribution is -2.17. The number of hydrogen-bond acceptors (Lipinski definition) is 8. The van der Waals surface area contributed by atoms with Crippen LogP contribution in [0.1, 0.15) is 35.5 Å². The Hall–Kier alpha value is -3.40. The molecule has 0 saturated heterocycles. The number of nitrogens with zero attached hydrogens (tertiary/aromatic N) is 2. The second-order valence-electron chi connectivity index (χ2n) is 7.92. The predicted molar refractivity (Wildman–Crippen MR) is 135 cm³/mol. The summed E-state index contributed by atoms with van der Waals surface area (Å²) >= 11 is 0. The van der Waals surface area contributed by atoms with Crippen molar-refractivity contribution < 1.29 is 14.1 Å². The summed E-state index contributed by atoms with van der Waals surface area (Å²) in [4.78, 5) is 22.1. The van der Waals surface area contributed by atoms with Crippen molar-refractivity contribution in [3.8, 4) is 11.3 Å². The first kappa shape index (κ1) is 25.2. The standard InChI is InChI=1S/C25H29N5O3S/c1-16(2)34(33)20-9-7-19(8-10-20)22-15-29-25(27)24(30-22)23(32)13-21(26)18-5-3-17(4-6-18)14-28-11-12-31/h3-10,13,15-16,28,31H,11-12,14,26H2,1-2H3,(H2,27,29)/b21-13-. The van der Waals surface area contributed by atoms with E-state index < -0.39 is 16.6 Å². The van der Waals surface area contributed by atoms with Gasteiger partial charge in [0.2, 0.25) is 5.78 Å². The smallest absolute Gasteiger partial charge is 0.210 e. The molecule has 0 radical (unpaired) electrons. The van der Waals surface area contributed by atoms with E-state index in [1.54, 1.807) is 24.3 Å². The van der Waals surface area contributed by atoms with Crippen molar-refractivity contribution in [2.75, 3.05) is 18.9 Å². The topological polar surface area (TPSA) is 144 Å². The Balaban J connectivity index is 1.79. The summed E-state index contributed by atoms with van der Waals surface area (Å²) in [6.07, 6.45) is 2.79. The van der Waals surface area contributed by atoms with Crippen LogP contribution in [0.3, 0.4) is 0 Å². The van der Waals surface area contributed by atoms with E-state index >= 15 is 0 Å². The Morgan fingerprint density at radius 2 is 1.82 bits per heavy atom. The van der Waals surface area contributed by atoms with Crippen LogP contribution in [0.25, 0.3) is 17.0 Å². The monoisotopic (exact) mass is 479 g/mol. The molecule has 0 aliphatic carbocycles. The van der Waals surface area contributed by atoms with Gasteiger partial charge in [-0.05, 0) is 23.3 Å². The number of carbonyl (C=O) groups excluding carboxylic acids is 1. The molecule has 0 amide bonds. The van der Waals surface area contributed by atoms with Crippen molar-refractivity contribution in [3.05, 3.63) is 77.6 Å². The molecule has 2 aromatic carbocycles. The fourth-order valence-electron chi connectivity index (χ4n) is 3.17. The van der Waals surface area contributed by atoms with Gasteiger partial charge in [0.1, 0.15) is 0 Å². The minimum Gasteiger partial charge on any atom is -0.398 e. The predicted octanol–water partition coefficient (Wildman–Crippen LogP) is 2.51. The fraction of sp³-hybridized carbons (Fsp3) is 0.240. The van der Waals surface area contributed by atoms with Crippen molar-refractivity contribution in [1.82, 2.24) is 15.3 Å². The van der Waals surface area contributed by atoms with Gasteiger partial charge < -0.3 is 21.9 Å². The van der Waals surface area contributed by atoms with Crippen molar-refractivity contribution >= 4 is 28.1 Å². The highest BCUT2D eigenvalue weighted by atomic mass is 32.2. The Morgan fingerprint density at radius 1 is 1.15 bits per heavy atom. The zero-order valence-electron chi connectivity index (χ0n) is 19.2. The van der Waals surface area contributed by atoms with Gasteiger partial charge in [-0.3, -0.25) is 9.00 Å². The maximum atomic E-state index is 12.9. The number of nitrogen functional groups attached to an aromatic ring is 1. The van der Waals surface area contributed by atoms with Crippen LogP contribution in [0.4, 0.5) is 5.82 Å². The van der Waals surface area contributed by atoms with Crippen LogP contribution >= 0.6 is 0 Å². The number of aliphatic hydroxyl groups excluding tert-OH is 1. The maximum Gasteiger partial charge on any atom is 0.210 e. The lowest BCUT2D eigenvalue weighted by molar-refractivity contribution is 0.104. The molecule has 8 nitrogen and oxygen atoms in total. The summed E-state index contributed by atoms with van der Waals surface area (Å²) in [6, 6.07) is 14.6. The lowest BCUT2D eigenvalue weighted by atomic mass is 10.1. The highest BCUT2D eigenvalue weighted by Gasteiger charge is 2.15. The van der Waals surface area contributed by atoms with Gasteiger partial charge in [0.15, 0.2) is 11.5 Å². The van der Waals surface area contributed by atoms with Crippen LogP contribution in [0, 0.1) is 0 Å². The molecule has 3 rings (SSSR count). The molecule has 6 N–H and O–H groups in total. The van der Waals surface area contributed by atoms with Crippen molar-refractivity contribution in [2.45, 2.75) is 30.5 Å². The number of anilines is 1. The largest absolute Gasteiger partial charge is 0.398 e. The third kappa shape index (κ3) is 6.34. The van der Waals surface area contributed by atoms with E-state index in [-0.39, 0.29) is 29.1 Å². The average molecular weight is 480 g/mol. The van der Waals surface area contributed by atoms with Gasteiger partial charge in [-0.1, -0.05) is 50.2 Å². The highest BCUT2D eigenvalue weighted by Crippen LogP contribution is 2.22. The first-order chi connectivity index (χ1) is 16.3. The van der Waals surface area contributed by atoms with E-state index in [1.807, 2.05) is 38.1 Å². The van der Waals surface area contributed by atoms with Gasteiger partial charge in [0, 0.05) is 40.6 Å². The second kappa shape index (κ2) is 11.6. The number of nitrogens with two attached hydrogens (primary N) is 2. The average Bonchev–Trinajstić information content (AvgIpc) is 2.84. The SMILES string of the molecule is CC(C)S(=O)c1ccc(-c2cnc(N)c(C(=O)/C=C(\N)c3ccc(CNCCO)cc3)n2)cc1. The third-order valence-corrected chi connectivity index (χ3v) is 6.63. The third-order valence-electron chi connectivity index (χ3n) is 5.04. The Morgan fingerprint density at radius 3 is 2.44 bits per heavy atom. The number of benzene rings is 2. The van der Waals surface area contributed by atoms with Gasteiger partial charge in [-0.15, -0.1) is 0 Å². The molecule has 1 aromatic heterocycles. The molecule has 0 fully saturated rings. The molecule has 1 heterocycles. The van der Waals surface area contributed by atoms with Crippen LogP contribution in [-0.4, -0.2) is 43.5 Å². The number of carbonyl (C=O) groups is 1. The minimum absolute atomic E-state index is 0.0140. The van der Waals surface area contributed by atoms with Crippen molar-refractivity contribution in [2.24, 2.45) is 5.73 Å². The lowest BCUT2D eigenvalue weighted by Gasteiger charge is -2.08. The van der Waals surface area contributed by atoms with E-state index in [4.69, 9.17) is 16.6 Å². The molecule has 1 atom stereocenters. The Bertz CT molecular complexity index is 1190. The van der Waals surface area contributed by atoms with Crippen molar-refractivity contribution in [3.63, 3.8) is 0 Å². The Kier molecular flexibility index (Phi) is 8.64. The van der Waals surface area contributed by atoms with E-state index in [0.29, 0.717) is 24.3 Å². The molecule has 0 spiro atoms. The fourth-order valence-corrected chi connectivity index (χ4v) is 4.12. The van der Waals surface area contributed by atoms with Crippen LogP contribution in [0.15, 0.2) is 65.7 Å². The molecule has 0 saturated carbocycles. The molecular formula is C25H29N5O3S. The quantitative estimate of drug-likeness (QED) is 0.197. The number of aromatic nitrogens is 2. The number of allylic oxidation sites excluding steroid dienone is 1. The van der Waals surface area contributed by atoms with Gasteiger partial charge in [0.25, 0.3) is 0 Å². The number of hydrogen-bond donors (Lipinski definition) is 4. The van der Waals surface area contributed by atoms with Crippen LogP contribution in [-0.2, 0) is 17.3 Å². The summed E-state index contributed by atoms with van der Waals surface area (Å²) in [5, 5.41) is 12.0. The molecule has 34 heavy (non-hydrogen) atoms. The summed E-state index contributed by atoms with van der Waals surface area (Å²) in [5.74, 6) is -0.434. The van der Waals surface area contributed by atoms with Crippen LogP contribution < -0.4 is 16.8 Å². The van der Waals surface area contributed by atoms with E-state index in [0.717, 1.165) is 16.0 Å². The van der Waals surface area contributed by atoms with E-state index in [1.165, 1.54) is 12.3 Å². The molecule has 0 bridgehead atoms. The minimum atomic E-state index is -1.09. The molecule has 1 unspecified atom stereocenters. The molecule has 0 aliphatic heterocycles. The second-order valence-corrected chi connectivity index (χ2v) is 9.93. The zero-order chi connectivity index (χ0) is 24.7. The summed E-state index contributed by atoms with van der Waals surface area (Å²) < 4.78 is 12.3. The van der Waals surface area contributed by atoms with Crippen LogP contribution in [0.2, 0.25) is 0 Å². The first-order valence-electron chi connectivity index (χ1n) is 10.9. The van der Waals surface area contributed by atoms with E-state index in [2.05, 4.69) is 15.3 Å². The summed E-state index contributed by atoms with van der Waals surface area (Å²) in [7, 11) is -1.09.